The molecule has 1 unspecified atom stereocenters. The highest BCUT2D eigenvalue weighted by Gasteiger charge is 2.40. The Balaban J connectivity index is 1.39. The summed E-state index contributed by atoms with van der Waals surface area (Å²) in [6, 6.07) is 9.36. The average Bonchev–Trinajstić information content (AvgIpc) is 2.99. The van der Waals surface area contributed by atoms with Crippen LogP contribution in [0.3, 0.4) is 0 Å². The molecule has 1 spiro atoms. The molecule has 1 aliphatic carbocycles. The molecule has 1 saturated heterocycles. The highest BCUT2D eigenvalue weighted by Crippen LogP contribution is 2.38. The summed E-state index contributed by atoms with van der Waals surface area (Å²) in [4.78, 5) is 0. The van der Waals surface area contributed by atoms with Crippen LogP contribution in [0.2, 0.25) is 0 Å². The second-order valence-electron chi connectivity index (χ2n) is 6.28. The van der Waals surface area contributed by atoms with Gasteiger partial charge in [-0.2, -0.15) is 0 Å². The maximum atomic E-state index is 5.81. The summed E-state index contributed by atoms with van der Waals surface area (Å²) >= 11 is 0. The zero-order valence-corrected chi connectivity index (χ0v) is 12.3. The molecule has 114 valence electrons. The number of para-hydroxylation sites is 1. The van der Waals surface area contributed by atoms with Gasteiger partial charge in [-0.3, -0.25) is 0 Å². The fourth-order valence-corrected chi connectivity index (χ4v) is 3.81. The zero-order chi connectivity index (χ0) is 14.1. The van der Waals surface area contributed by atoms with E-state index in [1.807, 2.05) is 6.07 Å². The van der Waals surface area contributed by atoms with Crippen LogP contribution in [-0.4, -0.2) is 31.6 Å². The van der Waals surface area contributed by atoms with E-state index in [1.165, 1.54) is 5.56 Å². The first-order valence-corrected chi connectivity index (χ1v) is 8.10. The van der Waals surface area contributed by atoms with E-state index in [2.05, 4.69) is 23.5 Å². The van der Waals surface area contributed by atoms with Crippen LogP contribution in [0.5, 0.6) is 5.75 Å². The van der Waals surface area contributed by atoms with Gasteiger partial charge in [0.25, 0.3) is 0 Å². The minimum absolute atomic E-state index is 0.258. The SMILES string of the molecule is c1ccc2c(c1)OCCC2NC1CCC2(CC1)OCCO2. The Labute approximate surface area is 125 Å². The summed E-state index contributed by atoms with van der Waals surface area (Å²) < 4.78 is 17.4. The first kappa shape index (κ1) is 13.6. The molecule has 2 heterocycles. The lowest BCUT2D eigenvalue weighted by Gasteiger charge is -2.38. The molecule has 2 fully saturated rings. The van der Waals surface area contributed by atoms with Crippen molar-refractivity contribution in [2.75, 3.05) is 19.8 Å². The number of fused-ring (bicyclic) bond motifs is 1. The van der Waals surface area contributed by atoms with Crippen LogP contribution in [-0.2, 0) is 9.47 Å². The number of ether oxygens (including phenoxy) is 3. The fraction of sp³-hybridized carbons (Fsp3) is 0.647. The van der Waals surface area contributed by atoms with Crippen molar-refractivity contribution in [3.63, 3.8) is 0 Å². The smallest absolute Gasteiger partial charge is 0.168 e. The minimum atomic E-state index is -0.258. The van der Waals surface area contributed by atoms with Crippen LogP contribution in [0, 0.1) is 0 Å². The van der Waals surface area contributed by atoms with Crippen molar-refractivity contribution in [2.45, 2.75) is 50.0 Å². The number of hydrogen-bond donors (Lipinski definition) is 1. The predicted octanol–water partition coefficient (Wildman–Crippen LogP) is 2.79. The number of benzene rings is 1. The van der Waals surface area contributed by atoms with Crippen LogP contribution in [0.15, 0.2) is 24.3 Å². The molecule has 1 saturated carbocycles. The summed E-state index contributed by atoms with van der Waals surface area (Å²) in [7, 11) is 0. The summed E-state index contributed by atoms with van der Waals surface area (Å²) in [6.07, 6.45) is 5.32. The average molecular weight is 289 g/mol. The monoisotopic (exact) mass is 289 g/mol. The van der Waals surface area contributed by atoms with Crippen molar-refractivity contribution >= 4 is 0 Å². The molecule has 4 rings (SSSR count). The predicted molar refractivity (Wildman–Crippen MR) is 79.3 cm³/mol. The standard InChI is InChI=1S/C17H23NO3/c1-2-4-16-14(3-1)15(7-10-19-16)18-13-5-8-17(9-6-13)20-11-12-21-17/h1-4,13,15,18H,5-12H2. The Bertz CT molecular complexity index is 489. The number of nitrogens with one attached hydrogen (secondary N) is 1. The van der Waals surface area contributed by atoms with E-state index in [0.717, 1.165) is 57.7 Å². The van der Waals surface area contributed by atoms with Gasteiger partial charge in [-0.15, -0.1) is 0 Å². The van der Waals surface area contributed by atoms with Crippen LogP contribution >= 0.6 is 0 Å². The zero-order valence-electron chi connectivity index (χ0n) is 12.3. The van der Waals surface area contributed by atoms with E-state index in [0.29, 0.717) is 12.1 Å². The molecule has 1 atom stereocenters. The van der Waals surface area contributed by atoms with E-state index >= 15 is 0 Å². The fourth-order valence-electron chi connectivity index (χ4n) is 3.81. The van der Waals surface area contributed by atoms with Gasteiger partial charge in [0.2, 0.25) is 0 Å². The summed E-state index contributed by atoms with van der Waals surface area (Å²) in [5.41, 5.74) is 1.30. The lowest BCUT2D eigenvalue weighted by atomic mass is 9.88. The third-order valence-corrected chi connectivity index (χ3v) is 4.96. The largest absolute Gasteiger partial charge is 0.493 e. The first-order valence-electron chi connectivity index (χ1n) is 8.10. The molecular weight excluding hydrogens is 266 g/mol. The lowest BCUT2D eigenvalue weighted by molar-refractivity contribution is -0.179. The third kappa shape index (κ3) is 2.68. The Morgan fingerprint density at radius 3 is 2.52 bits per heavy atom. The first-order chi connectivity index (χ1) is 10.3. The highest BCUT2D eigenvalue weighted by atomic mass is 16.7. The molecular formula is C17H23NO3. The second kappa shape index (κ2) is 5.59. The molecule has 4 nitrogen and oxygen atoms in total. The molecule has 21 heavy (non-hydrogen) atoms. The van der Waals surface area contributed by atoms with Crippen molar-refractivity contribution in [3.8, 4) is 5.75 Å². The van der Waals surface area contributed by atoms with Crippen LogP contribution in [0.1, 0.15) is 43.7 Å². The third-order valence-electron chi connectivity index (χ3n) is 4.96. The summed E-state index contributed by atoms with van der Waals surface area (Å²) in [6.45, 7) is 2.31. The van der Waals surface area contributed by atoms with E-state index in [4.69, 9.17) is 14.2 Å². The van der Waals surface area contributed by atoms with Crippen LogP contribution < -0.4 is 10.1 Å². The van der Waals surface area contributed by atoms with Crippen molar-refractivity contribution in [2.24, 2.45) is 0 Å². The maximum Gasteiger partial charge on any atom is 0.168 e. The van der Waals surface area contributed by atoms with Gasteiger partial charge in [0.15, 0.2) is 5.79 Å². The summed E-state index contributed by atoms with van der Waals surface area (Å²) in [5.74, 6) is 0.780. The van der Waals surface area contributed by atoms with Crippen molar-refractivity contribution < 1.29 is 14.2 Å². The van der Waals surface area contributed by atoms with Crippen molar-refractivity contribution in [1.82, 2.24) is 5.32 Å². The number of hydrogen-bond acceptors (Lipinski definition) is 4. The van der Waals surface area contributed by atoms with Crippen molar-refractivity contribution in [3.05, 3.63) is 29.8 Å². The summed E-state index contributed by atoms with van der Waals surface area (Å²) in [5, 5.41) is 3.83. The van der Waals surface area contributed by atoms with Crippen LogP contribution in [0.25, 0.3) is 0 Å². The Kier molecular flexibility index (Phi) is 3.61. The second-order valence-corrected chi connectivity index (χ2v) is 6.28. The Morgan fingerprint density at radius 1 is 0.952 bits per heavy atom. The van der Waals surface area contributed by atoms with Gasteiger partial charge in [-0.25, -0.2) is 0 Å². The van der Waals surface area contributed by atoms with E-state index < -0.39 is 0 Å². The topological polar surface area (TPSA) is 39.7 Å². The molecule has 1 N–H and O–H groups in total. The minimum Gasteiger partial charge on any atom is -0.493 e. The normalized spacial score (nSPS) is 28.3. The van der Waals surface area contributed by atoms with Crippen LogP contribution in [0.4, 0.5) is 0 Å². The van der Waals surface area contributed by atoms with Gasteiger partial charge in [0.05, 0.1) is 19.8 Å². The molecule has 3 aliphatic rings. The van der Waals surface area contributed by atoms with Gasteiger partial charge in [-0.05, 0) is 18.9 Å². The molecule has 4 heteroatoms. The van der Waals surface area contributed by atoms with Gasteiger partial charge in [0.1, 0.15) is 5.75 Å². The molecule has 1 aromatic carbocycles. The van der Waals surface area contributed by atoms with Gasteiger partial charge in [-0.1, -0.05) is 18.2 Å². The van der Waals surface area contributed by atoms with Gasteiger partial charge in [0, 0.05) is 36.9 Å². The van der Waals surface area contributed by atoms with Crippen molar-refractivity contribution in [1.29, 1.82) is 0 Å². The quantitative estimate of drug-likeness (QED) is 0.909. The molecule has 0 radical (unpaired) electrons. The highest BCUT2D eigenvalue weighted by molar-refractivity contribution is 5.37. The molecule has 0 aromatic heterocycles. The Morgan fingerprint density at radius 2 is 1.71 bits per heavy atom. The van der Waals surface area contributed by atoms with E-state index in [-0.39, 0.29) is 5.79 Å². The maximum absolute atomic E-state index is 5.81. The Hall–Kier alpha value is -1.10. The van der Waals surface area contributed by atoms with E-state index in [9.17, 15) is 0 Å². The number of rotatable bonds is 2. The van der Waals surface area contributed by atoms with Gasteiger partial charge < -0.3 is 19.5 Å². The molecule has 1 aromatic rings. The van der Waals surface area contributed by atoms with E-state index in [1.54, 1.807) is 0 Å². The van der Waals surface area contributed by atoms with Gasteiger partial charge >= 0.3 is 0 Å². The molecule has 0 amide bonds. The lowest BCUT2D eigenvalue weighted by Crippen LogP contribution is -2.43. The molecule has 2 aliphatic heterocycles. The molecule has 0 bridgehead atoms.